The third kappa shape index (κ3) is 1.87. The van der Waals surface area contributed by atoms with Crippen molar-refractivity contribution in [3.05, 3.63) is 46.6 Å². The number of rotatable bonds is 1. The Kier molecular flexibility index (Phi) is 2.68. The number of hydrogen-bond acceptors (Lipinski definition) is 1. The first-order valence-electron chi connectivity index (χ1n) is 4.50. The molecule has 14 heavy (non-hydrogen) atoms. The van der Waals surface area contributed by atoms with Crippen LogP contribution in [0.25, 0.3) is 0 Å². The fraction of sp³-hybridized carbons (Fsp3) is 0.182. The van der Waals surface area contributed by atoms with E-state index in [0.717, 1.165) is 23.0 Å². The normalized spacial score (nSPS) is 14.8. The minimum atomic E-state index is 0.0752. The van der Waals surface area contributed by atoms with Gasteiger partial charge in [0, 0.05) is 22.8 Å². The molecule has 1 aliphatic heterocycles. The number of carbonyl (C=O) groups excluding carboxylic acids is 1. The van der Waals surface area contributed by atoms with Gasteiger partial charge in [0.2, 0.25) is 0 Å². The Morgan fingerprint density at radius 3 is 2.57 bits per heavy atom. The summed E-state index contributed by atoms with van der Waals surface area (Å²) in [7, 11) is 0. The van der Waals surface area contributed by atoms with Crippen LogP contribution in [0.15, 0.2) is 41.0 Å². The second kappa shape index (κ2) is 3.96. The second-order valence-corrected chi connectivity index (χ2v) is 4.09. The molecule has 1 aromatic carbocycles. The van der Waals surface area contributed by atoms with Crippen molar-refractivity contribution in [2.45, 2.75) is 6.42 Å². The molecular weight excluding hydrogens is 242 g/mol. The van der Waals surface area contributed by atoms with Gasteiger partial charge < -0.3 is 4.90 Å². The molecule has 2 nitrogen and oxygen atoms in total. The highest BCUT2D eigenvalue weighted by atomic mass is 79.9. The maximum Gasteiger partial charge on any atom is 0.257 e. The standard InChI is InChI=1S/C11H10BrNO/c12-10-5-3-9(4-6-10)11(14)13-7-1-2-8-13/h1,3-7H,2,8H2. The van der Waals surface area contributed by atoms with Gasteiger partial charge in [0.1, 0.15) is 0 Å². The van der Waals surface area contributed by atoms with Crippen LogP contribution in [0.2, 0.25) is 0 Å². The van der Waals surface area contributed by atoms with Gasteiger partial charge in [-0.25, -0.2) is 0 Å². The van der Waals surface area contributed by atoms with Crippen LogP contribution in [0, 0.1) is 0 Å². The Morgan fingerprint density at radius 1 is 1.29 bits per heavy atom. The van der Waals surface area contributed by atoms with Crippen molar-refractivity contribution in [2.24, 2.45) is 0 Å². The van der Waals surface area contributed by atoms with E-state index >= 15 is 0 Å². The predicted octanol–water partition coefficient (Wildman–Crippen LogP) is 2.81. The van der Waals surface area contributed by atoms with Crippen LogP contribution in [0.3, 0.4) is 0 Å². The van der Waals surface area contributed by atoms with E-state index in [1.807, 2.05) is 36.5 Å². The van der Waals surface area contributed by atoms with Crippen molar-refractivity contribution in [3.8, 4) is 0 Å². The van der Waals surface area contributed by atoms with E-state index in [2.05, 4.69) is 15.9 Å². The molecule has 0 fully saturated rings. The average Bonchev–Trinajstić information content (AvgIpc) is 2.71. The Balaban J connectivity index is 2.18. The highest BCUT2D eigenvalue weighted by Crippen LogP contribution is 2.14. The molecule has 0 spiro atoms. The Bertz CT molecular complexity index is 369. The first-order valence-corrected chi connectivity index (χ1v) is 5.30. The van der Waals surface area contributed by atoms with Crippen molar-refractivity contribution in [2.75, 3.05) is 6.54 Å². The highest BCUT2D eigenvalue weighted by Gasteiger charge is 2.14. The van der Waals surface area contributed by atoms with E-state index in [4.69, 9.17) is 0 Å². The molecule has 0 radical (unpaired) electrons. The maximum atomic E-state index is 11.8. The molecule has 0 bridgehead atoms. The van der Waals surface area contributed by atoms with Crippen LogP contribution in [-0.4, -0.2) is 17.4 Å². The lowest BCUT2D eigenvalue weighted by Gasteiger charge is -2.12. The quantitative estimate of drug-likeness (QED) is 0.752. The summed E-state index contributed by atoms with van der Waals surface area (Å²) in [6, 6.07) is 7.43. The first-order chi connectivity index (χ1) is 6.77. The van der Waals surface area contributed by atoms with E-state index in [1.165, 1.54) is 0 Å². The van der Waals surface area contributed by atoms with E-state index in [0.29, 0.717) is 0 Å². The van der Waals surface area contributed by atoms with Gasteiger partial charge >= 0.3 is 0 Å². The number of carbonyl (C=O) groups is 1. The summed E-state index contributed by atoms with van der Waals surface area (Å²) in [4.78, 5) is 13.6. The topological polar surface area (TPSA) is 20.3 Å². The van der Waals surface area contributed by atoms with Crippen LogP contribution in [0.1, 0.15) is 16.8 Å². The zero-order valence-electron chi connectivity index (χ0n) is 7.61. The molecule has 2 rings (SSSR count). The summed E-state index contributed by atoms with van der Waals surface area (Å²) in [5.41, 5.74) is 0.736. The van der Waals surface area contributed by atoms with E-state index in [1.54, 1.807) is 4.90 Å². The molecule has 72 valence electrons. The molecule has 0 saturated heterocycles. The highest BCUT2D eigenvalue weighted by molar-refractivity contribution is 9.10. The number of benzene rings is 1. The first kappa shape index (κ1) is 9.46. The van der Waals surface area contributed by atoms with Crippen LogP contribution in [0.4, 0.5) is 0 Å². The minimum absolute atomic E-state index is 0.0752. The SMILES string of the molecule is O=C(c1ccc(Br)cc1)N1C=CCC1. The number of halogens is 1. The molecular formula is C11H10BrNO. The second-order valence-electron chi connectivity index (χ2n) is 3.18. The van der Waals surface area contributed by atoms with Crippen LogP contribution in [0.5, 0.6) is 0 Å². The molecule has 1 amide bonds. The molecule has 0 aromatic heterocycles. The molecule has 0 saturated carbocycles. The monoisotopic (exact) mass is 251 g/mol. The van der Waals surface area contributed by atoms with E-state index in [9.17, 15) is 4.79 Å². The Labute approximate surface area is 91.3 Å². The molecule has 1 aromatic rings. The Hall–Kier alpha value is -1.09. The van der Waals surface area contributed by atoms with Gasteiger partial charge in [-0.05, 0) is 30.7 Å². The summed E-state index contributed by atoms with van der Waals surface area (Å²) in [5.74, 6) is 0.0752. The summed E-state index contributed by atoms with van der Waals surface area (Å²) < 4.78 is 0.992. The summed E-state index contributed by atoms with van der Waals surface area (Å²) in [5, 5.41) is 0. The van der Waals surface area contributed by atoms with Gasteiger partial charge in [-0.15, -0.1) is 0 Å². The van der Waals surface area contributed by atoms with Gasteiger partial charge in [-0.2, -0.15) is 0 Å². The smallest absolute Gasteiger partial charge is 0.257 e. The number of hydrogen-bond donors (Lipinski definition) is 0. The van der Waals surface area contributed by atoms with Crippen LogP contribution < -0.4 is 0 Å². The van der Waals surface area contributed by atoms with Gasteiger partial charge in [-0.3, -0.25) is 4.79 Å². The molecule has 0 aliphatic carbocycles. The van der Waals surface area contributed by atoms with Gasteiger partial charge in [0.15, 0.2) is 0 Å². The summed E-state index contributed by atoms with van der Waals surface area (Å²) >= 11 is 3.34. The van der Waals surface area contributed by atoms with Crippen molar-refractivity contribution in [3.63, 3.8) is 0 Å². The Morgan fingerprint density at radius 2 is 2.00 bits per heavy atom. The summed E-state index contributed by atoms with van der Waals surface area (Å²) in [6.45, 7) is 0.800. The molecule has 0 unspecified atom stereocenters. The zero-order valence-corrected chi connectivity index (χ0v) is 9.20. The minimum Gasteiger partial charge on any atom is -0.315 e. The van der Waals surface area contributed by atoms with Crippen molar-refractivity contribution < 1.29 is 4.79 Å². The molecule has 3 heteroatoms. The van der Waals surface area contributed by atoms with Crippen molar-refractivity contribution >= 4 is 21.8 Å². The number of amides is 1. The average molecular weight is 252 g/mol. The lowest BCUT2D eigenvalue weighted by atomic mass is 10.2. The van der Waals surface area contributed by atoms with Gasteiger partial charge in [0.25, 0.3) is 5.91 Å². The lowest BCUT2D eigenvalue weighted by Crippen LogP contribution is -2.23. The van der Waals surface area contributed by atoms with Crippen LogP contribution in [-0.2, 0) is 0 Å². The van der Waals surface area contributed by atoms with Gasteiger partial charge in [-0.1, -0.05) is 22.0 Å². The van der Waals surface area contributed by atoms with Crippen molar-refractivity contribution in [1.29, 1.82) is 0 Å². The lowest BCUT2D eigenvalue weighted by molar-refractivity contribution is 0.0833. The van der Waals surface area contributed by atoms with E-state index in [-0.39, 0.29) is 5.91 Å². The maximum absolute atomic E-state index is 11.8. The van der Waals surface area contributed by atoms with E-state index < -0.39 is 0 Å². The van der Waals surface area contributed by atoms with Gasteiger partial charge in [0.05, 0.1) is 0 Å². The molecule has 1 heterocycles. The number of nitrogens with zero attached hydrogens (tertiary/aromatic N) is 1. The third-order valence-corrected chi connectivity index (χ3v) is 2.70. The largest absolute Gasteiger partial charge is 0.315 e. The summed E-state index contributed by atoms with van der Waals surface area (Å²) in [6.07, 6.45) is 4.82. The van der Waals surface area contributed by atoms with Crippen LogP contribution >= 0.6 is 15.9 Å². The molecule has 0 atom stereocenters. The molecule has 1 aliphatic rings. The third-order valence-electron chi connectivity index (χ3n) is 2.17. The van der Waals surface area contributed by atoms with Crippen molar-refractivity contribution in [1.82, 2.24) is 4.90 Å². The fourth-order valence-corrected chi connectivity index (χ4v) is 1.68. The zero-order chi connectivity index (χ0) is 9.97. The predicted molar refractivity (Wildman–Crippen MR) is 58.9 cm³/mol. The fourth-order valence-electron chi connectivity index (χ4n) is 1.42. The molecule has 0 N–H and O–H groups in total.